The van der Waals surface area contributed by atoms with Gasteiger partial charge in [0.2, 0.25) is 0 Å². The Morgan fingerprint density at radius 1 is 1.53 bits per heavy atom. The molecule has 1 aromatic heterocycles. The van der Waals surface area contributed by atoms with E-state index in [4.69, 9.17) is 4.74 Å². The minimum atomic E-state index is -3.05. The summed E-state index contributed by atoms with van der Waals surface area (Å²) in [6, 6.07) is 0. The lowest BCUT2D eigenvalue weighted by molar-refractivity contribution is -0.143. The van der Waals surface area contributed by atoms with Crippen LogP contribution in [0.3, 0.4) is 0 Å². The van der Waals surface area contributed by atoms with Crippen molar-refractivity contribution in [1.29, 1.82) is 0 Å². The standard InChI is InChI=1S/C10H15NO4S2/c1-3-15-10(12)5-4-8-6-16-9(11-8)7-17(2,13)14/h6H,3-5,7H2,1-2H3. The maximum absolute atomic E-state index is 11.1. The van der Waals surface area contributed by atoms with Crippen LogP contribution in [0.15, 0.2) is 5.38 Å². The molecule has 0 atom stereocenters. The maximum atomic E-state index is 11.1. The van der Waals surface area contributed by atoms with Gasteiger partial charge in [-0.2, -0.15) is 0 Å². The summed E-state index contributed by atoms with van der Waals surface area (Å²) in [5.41, 5.74) is 0.738. The molecule has 17 heavy (non-hydrogen) atoms. The highest BCUT2D eigenvalue weighted by molar-refractivity contribution is 7.90. The number of sulfone groups is 1. The number of aryl methyl sites for hydroxylation is 1. The van der Waals surface area contributed by atoms with Gasteiger partial charge in [-0.3, -0.25) is 4.79 Å². The zero-order chi connectivity index (χ0) is 12.9. The van der Waals surface area contributed by atoms with E-state index in [1.165, 1.54) is 17.6 Å². The van der Waals surface area contributed by atoms with Gasteiger partial charge in [-0.05, 0) is 6.92 Å². The zero-order valence-electron chi connectivity index (χ0n) is 9.80. The van der Waals surface area contributed by atoms with Crippen molar-refractivity contribution >= 4 is 27.1 Å². The zero-order valence-corrected chi connectivity index (χ0v) is 11.4. The van der Waals surface area contributed by atoms with E-state index in [1.54, 1.807) is 12.3 Å². The molecule has 0 aliphatic rings. The van der Waals surface area contributed by atoms with Gasteiger partial charge >= 0.3 is 5.97 Å². The molecule has 1 heterocycles. The number of carbonyl (C=O) groups excluding carboxylic acids is 1. The van der Waals surface area contributed by atoms with E-state index in [2.05, 4.69) is 4.98 Å². The molecule has 96 valence electrons. The van der Waals surface area contributed by atoms with E-state index < -0.39 is 9.84 Å². The summed E-state index contributed by atoms with van der Waals surface area (Å²) in [4.78, 5) is 15.3. The summed E-state index contributed by atoms with van der Waals surface area (Å²) < 4.78 is 26.9. The maximum Gasteiger partial charge on any atom is 0.306 e. The van der Waals surface area contributed by atoms with E-state index in [9.17, 15) is 13.2 Å². The van der Waals surface area contributed by atoms with Gasteiger partial charge in [-0.15, -0.1) is 11.3 Å². The first-order valence-corrected chi connectivity index (χ1v) is 8.11. The van der Waals surface area contributed by atoms with Crippen molar-refractivity contribution in [1.82, 2.24) is 4.98 Å². The minimum absolute atomic E-state index is 0.0446. The molecule has 0 amide bonds. The minimum Gasteiger partial charge on any atom is -0.466 e. The van der Waals surface area contributed by atoms with Crippen molar-refractivity contribution in [2.75, 3.05) is 12.9 Å². The van der Waals surface area contributed by atoms with Gasteiger partial charge in [-0.1, -0.05) is 0 Å². The molecule has 1 rings (SSSR count). The van der Waals surface area contributed by atoms with Crippen LogP contribution in [0.4, 0.5) is 0 Å². The molecule has 0 saturated heterocycles. The Balaban J connectivity index is 2.49. The van der Waals surface area contributed by atoms with Gasteiger partial charge < -0.3 is 4.74 Å². The number of rotatable bonds is 6. The highest BCUT2D eigenvalue weighted by atomic mass is 32.2. The van der Waals surface area contributed by atoms with Gasteiger partial charge in [0.05, 0.1) is 18.7 Å². The molecule has 0 aromatic carbocycles. The molecule has 0 radical (unpaired) electrons. The summed E-state index contributed by atoms with van der Waals surface area (Å²) in [6.45, 7) is 2.13. The Labute approximate surface area is 105 Å². The lowest BCUT2D eigenvalue weighted by Gasteiger charge is -1.99. The third-order valence-corrected chi connectivity index (χ3v) is 3.75. The quantitative estimate of drug-likeness (QED) is 0.730. The van der Waals surface area contributed by atoms with Crippen molar-refractivity contribution in [2.24, 2.45) is 0 Å². The highest BCUT2D eigenvalue weighted by Gasteiger charge is 2.10. The first-order valence-electron chi connectivity index (χ1n) is 5.17. The summed E-state index contributed by atoms with van der Waals surface area (Å²) in [6.07, 6.45) is 1.93. The number of carbonyl (C=O) groups is 1. The monoisotopic (exact) mass is 277 g/mol. The third kappa shape index (κ3) is 5.78. The van der Waals surface area contributed by atoms with Crippen LogP contribution < -0.4 is 0 Å². The molecule has 0 fully saturated rings. The summed E-state index contributed by atoms with van der Waals surface area (Å²) in [5.74, 6) is -0.304. The van der Waals surface area contributed by atoms with E-state index in [1.807, 2.05) is 0 Å². The van der Waals surface area contributed by atoms with E-state index in [0.717, 1.165) is 5.69 Å². The highest BCUT2D eigenvalue weighted by Crippen LogP contribution is 2.14. The topological polar surface area (TPSA) is 73.3 Å². The number of thiazole rings is 1. The number of ether oxygens (including phenoxy) is 1. The Bertz CT molecular complexity index is 478. The van der Waals surface area contributed by atoms with Crippen molar-refractivity contribution in [2.45, 2.75) is 25.5 Å². The first-order chi connectivity index (χ1) is 7.90. The van der Waals surface area contributed by atoms with E-state index >= 15 is 0 Å². The van der Waals surface area contributed by atoms with Crippen molar-refractivity contribution < 1.29 is 17.9 Å². The van der Waals surface area contributed by atoms with Crippen molar-refractivity contribution in [3.63, 3.8) is 0 Å². The number of esters is 1. The molecular weight excluding hydrogens is 262 g/mol. The normalized spacial score (nSPS) is 11.4. The predicted octanol–water partition coefficient (Wildman–Crippen LogP) is 1.18. The van der Waals surface area contributed by atoms with E-state index in [0.29, 0.717) is 18.0 Å². The Morgan fingerprint density at radius 3 is 2.82 bits per heavy atom. The number of hydrogen-bond donors (Lipinski definition) is 0. The fourth-order valence-corrected chi connectivity index (χ4v) is 3.26. The fraction of sp³-hybridized carbons (Fsp3) is 0.600. The van der Waals surface area contributed by atoms with Crippen LogP contribution in [0, 0.1) is 0 Å². The van der Waals surface area contributed by atoms with Gasteiger partial charge in [0.1, 0.15) is 10.8 Å². The average molecular weight is 277 g/mol. The summed E-state index contributed by atoms with van der Waals surface area (Å²) in [7, 11) is -3.05. The number of nitrogens with zero attached hydrogens (tertiary/aromatic N) is 1. The molecule has 0 bridgehead atoms. The lowest BCUT2D eigenvalue weighted by atomic mass is 10.2. The van der Waals surface area contributed by atoms with Crippen LogP contribution >= 0.6 is 11.3 Å². The van der Waals surface area contributed by atoms with Crippen LogP contribution in [0.25, 0.3) is 0 Å². The molecule has 0 aliphatic heterocycles. The van der Waals surface area contributed by atoms with Gasteiger partial charge in [0, 0.05) is 18.1 Å². The second-order valence-electron chi connectivity index (χ2n) is 3.61. The largest absolute Gasteiger partial charge is 0.466 e. The summed E-state index contributed by atoms with van der Waals surface area (Å²) in [5, 5.41) is 2.34. The second-order valence-corrected chi connectivity index (χ2v) is 6.69. The molecule has 0 spiro atoms. The fourth-order valence-electron chi connectivity index (χ4n) is 1.22. The van der Waals surface area contributed by atoms with Gasteiger partial charge in [0.15, 0.2) is 9.84 Å². The van der Waals surface area contributed by atoms with Crippen molar-refractivity contribution in [3.05, 3.63) is 16.1 Å². The van der Waals surface area contributed by atoms with Crippen LogP contribution in [-0.4, -0.2) is 32.2 Å². The van der Waals surface area contributed by atoms with Crippen LogP contribution in [-0.2, 0) is 31.5 Å². The van der Waals surface area contributed by atoms with Crippen LogP contribution in [0.1, 0.15) is 24.0 Å². The van der Waals surface area contributed by atoms with Crippen LogP contribution in [0.2, 0.25) is 0 Å². The average Bonchev–Trinajstić information content (AvgIpc) is 2.60. The molecule has 0 unspecified atom stereocenters. The number of hydrogen-bond acceptors (Lipinski definition) is 6. The SMILES string of the molecule is CCOC(=O)CCc1csc(CS(C)(=O)=O)n1. The Morgan fingerprint density at radius 2 is 2.24 bits per heavy atom. The molecule has 5 nitrogen and oxygen atoms in total. The first kappa shape index (κ1) is 14.1. The van der Waals surface area contributed by atoms with Crippen LogP contribution in [0.5, 0.6) is 0 Å². The molecule has 0 aliphatic carbocycles. The molecule has 7 heteroatoms. The van der Waals surface area contributed by atoms with Crippen molar-refractivity contribution in [3.8, 4) is 0 Å². The Kier molecular flexibility index (Phi) is 5.07. The van der Waals surface area contributed by atoms with Gasteiger partial charge in [0.25, 0.3) is 0 Å². The summed E-state index contributed by atoms with van der Waals surface area (Å²) >= 11 is 1.30. The molecule has 0 saturated carbocycles. The predicted molar refractivity (Wildman–Crippen MR) is 65.6 cm³/mol. The smallest absolute Gasteiger partial charge is 0.306 e. The lowest BCUT2D eigenvalue weighted by Crippen LogP contribution is -2.05. The third-order valence-electron chi connectivity index (χ3n) is 1.88. The molecular formula is C10H15NO4S2. The number of aromatic nitrogens is 1. The Hall–Kier alpha value is -0.950. The van der Waals surface area contributed by atoms with E-state index in [-0.39, 0.29) is 18.1 Å². The second kappa shape index (κ2) is 6.11. The van der Waals surface area contributed by atoms with Gasteiger partial charge in [-0.25, -0.2) is 13.4 Å². The molecule has 0 N–H and O–H groups in total. The molecule has 1 aromatic rings.